The second-order valence-corrected chi connectivity index (χ2v) is 4.76. The van der Waals surface area contributed by atoms with Gasteiger partial charge in [-0.15, -0.1) is 0 Å². The third-order valence-corrected chi connectivity index (χ3v) is 3.45. The van der Waals surface area contributed by atoms with E-state index >= 15 is 0 Å². The van der Waals surface area contributed by atoms with Crippen LogP contribution in [0.1, 0.15) is 58.3 Å². The van der Waals surface area contributed by atoms with E-state index in [0.717, 1.165) is 18.4 Å². The fourth-order valence-corrected chi connectivity index (χ4v) is 2.44. The van der Waals surface area contributed by atoms with Gasteiger partial charge in [-0.25, -0.2) is 0 Å². The normalized spacial score (nSPS) is 31.8. The van der Waals surface area contributed by atoms with E-state index in [0.29, 0.717) is 0 Å². The molecule has 1 aliphatic rings. The Labute approximate surface area is 83.1 Å². The van der Waals surface area contributed by atoms with Crippen LogP contribution in [0, 0.1) is 11.8 Å². The summed E-state index contributed by atoms with van der Waals surface area (Å²) in [7, 11) is 0. The van der Waals surface area contributed by atoms with E-state index in [2.05, 4.69) is 6.92 Å². The Bertz CT molecular complexity index is 122. The van der Waals surface area contributed by atoms with Crippen LogP contribution in [0.5, 0.6) is 0 Å². The highest BCUT2D eigenvalue weighted by molar-refractivity contribution is 4.66. The molecular weight excluding hydrogens is 158 g/mol. The minimum absolute atomic E-state index is 0.888. The second kappa shape index (κ2) is 6.42. The third-order valence-electron chi connectivity index (χ3n) is 3.45. The maximum atomic E-state index is 5.62. The fraction of sp³-hybridized carbons (Fsp3) is 1.00. The van der Waals surface area contributed by atoms with Gasteiger partial charge in [-0.05, 0) is 24.8 Å². The molecule has 1 heteroatoms. The monoisotopic (exact) mass is 183 g/mol. The molecule has 2 N–H and O–H groups in total. The van der Waals surface area contributed by atoms with Gasteiger partial charge in [0.05, 0.1) is 0 Å². The van der Waals surface area contributed by atoms with Gasteiger partial charge >= 0.3 is 0 Å². The van der Waals surface area contributed by atoms with E-state index < -0.39 is 0 Å². The summed E-state index contributed by atoms with van der Waals surface area (Å²) in [6.07, 6.45) is 11.4. The zero-order valence-electron chi connectivity index (χ0n) is 9.10. The van der Waals surface area contributed by atoms with Gasteiger partial charge in [0.1, 0.15) is 0 Å². The summed E-state index contributed by atoms with van der Waals surface area (Å²) in [5.41, 5.74) is 5.62. The van der Waals surface area contributed by atoms with Crippen molar-refractivity contribution in [2.24, 2.45) is 17.6 Å². The van der Waals surface area contributed by atoms with Gasteiger partial charge in [0, 0.05) is 0 Å². The fourth-order valence-electron chi connectivity index (χ4n) is 2.44. The summed E-state index contributed by atoms with van der Waals surface area (Å²) in [4.78, 5) is 0. The molecule has 2 unspecified atom stereocenters. The molecule has 1 rings (SSSR count). The number of hydrogen-bond acceptors (Lipinski definition) is 1. The first kappa shape index (κ1) is 11.0. The highest BCUT2D eigenvalue weighted by Gasteiger charge is 2.12. The largest absolute Gasteiger partial charge is 0.330 e. The van der Waals surface area contributed by atoms with E-state index in [-0.39, 0.29) is 0 Å². The smallest absolute Gasteiger partial charge is 0.00746 e. The first-order chi connectivity index (χ1) is 6.33. The lowest BCUT2D eigenvalue weighted by atomic mass is 9.91. The molecule has 0 saturated heterocycles. The van der Waals surface area contributed by atoms with Crippen LogP contribution >= 0.6 is 0 Å². The van der Waals surface area contributed by atoms with Crippen LogP contribution in [-0.2, 0) is 0 Å². The Hall–Kier alpha value is -0.0400. The zero-order valence-corrected chi connectivity index (χ0v) is 9.10. The van der Waals surface area contributed by atoms with Crippen molar-refractivity contribution in [3.63, 3.8) is 0 Å². The second-order valence-electron chi connectivity index (χ2n) is 4.76. The maximum absolute atomic E-state index is 5.62. The van der Waals surface area contributed by atoms with Crippen molar-refractivity contribution in [3.05, 3.63) is 0 Å². The minimum Gasteiger partial charge on any atom is -0.330 e. The van der Waals surface area contributed by atoms with Gasteiger partial charge in [0.15, 0.2) is 0 Å². The van der Waals surface area contributed by atoms with Gasteiger partial charge in [-0.3, -0.25) is 0 Å². The topological polar surface area (TPSA) is 26.0 Å². The summed E-state index contributed by atoms with van der Waals surface area (Å²) in [6.45, 7) is 3.30. The van der Waals surface area contributed by atoms with Crippen molar-refractivity contribution in [2.75, 3.05) is 6.54 Å². The first-order valence-corrected chi connectivity index (χ1v) is 6.03. The molecule has 1 aliphatic carbocycles. The molecule has 0 amide bonds. The third kappa shape index (κ3) is 4.66. The number of hydrogen-bond donors (Lipinski definition) is 1. The van der Waals surface area contributed by atoms with Crippen LogP contribution in [-0.4, -0.2) is 6.54 Å². The van der Waals surface area contributed by atoms with Crippen LogP contribution in [0.2, 0.25) is 0 Å². The maximum Gasteiger partial charge on any atom is -0.00746 e. The molecular formula is C12H25N. The molecule has 0 aliphatic heterocycles. The van der Waals surface area contributed by atoms with Crippen LogP contribution in [0.15, 0.2) is 0 Å². The average Bonchev–Trinajstić information content (AvgIpc) is 2.21. The van der Waals surface area contributed by atoms with E-state index in [4.69, 9.17) is 5.73 Å². The van der Waals surface area contributed by atoms with Crippen molar-refractivity contribution in [2.45, 2.75) is 58.3 Å². The van der Waals surface area contributed by atoms with Crippen LogP contribution in [0.4, 0.5) is 0 Å². The molecule has 2 atom stereocenters. The molecule has 0 heterocycles. The Morgan fingerprint density at radius 1 is 1.00 bits per heavy atom. The number of nitrogens with two attached hydrogens (primary N) is 1. The molecule has 0 aromatic carbocycles. The van der Waals surface area contributed by atoms with Crippen molar-refractivity contribution in [1.29, 1.82) is 0 Å². The van der Waals surface area contributed by atoms with Gasteiger partial charge in [0.25, 0.3) is 0 Å². The Morgan fingerprint density at radius 2 is 1.77 bits per heavy atom. The molecule has 0 aromatic rings. The van der Waals surface area contributed by atoms with Gasteiger partial charge < -0.3 is 5.73 Å². The first-order valence-electron chi connectivity index (χ1n) is 6.03. The Morgan fingerprint density at radius 3 is 2.54 bits per heavy atom. The molecule has 1 fully saturated rings. The molecule has 0 radical (unpaired) electrons. The van der Waals surface area contributed by atoms with E-state index in [1.54, 1.807) is 0 Å². The van der Waals surface area contributed by atoms with E-state index in [1.807, 2.05) is 0 Å². The highest BCUT2D eigenvalue weighted by Crippen LogP contribution is 2.26. The molecule has 13 heavy (non-hydrogen) atoms. The van der Waals surface area contributed by atoms with Gasteiger partial charge in [-0.2, -0.15) is 0 Å². The summed E-state index contributed by atoms with van der Waals surface area (Å²) in [6, 6.07) is 0. The average molecular weight is 183 g/mol. The summed E-state index contributed by atoms with van der Waals surface area (Å²) in [5.74, 6) is 1.89. The standard InChI is InChI=1S/C12H25N/c1-11-5-3-2-4-6-12(8-7-11)9-10-13/h11-12H,2-10,13H2,1H3. The summed E-state index contributed by atoms with van der Waals surface area (Å²) in [5, 5.41) is 0. The van der Waals surface area contributed by atoms with Gasteiger partial charge in [0.2, 0.25) is 0 Å². The lowest BCUT2D eigenvalue weighted by Crippen LogP contribution is -2.09. The minimum atomic E-state index is 0.888. The van der Waals surface area contributed by atoms with Crippen LogP contribution < -0.4 is 5.73 Å². The van der Waals surface area contributed by atoms with Crippen LogP contribution in [0.25, 0.3) is 0 Å². The Kier molecular flexibility index (Phi) is 5.45. The molecule has 0 bridgehead atoms. The van der Waals surface area contributed by atoms with Crippen molar-refractivity contribution >= 4 is 0 Å². The zero-order chi connectivity index (χ0) is 9.52. The van der Waals surface area contributed by atoms with Crippen molar-refractivity contribution in [1.82, 2.24) is 0 Å². The molecule has 1 saturated carbocycles. The Balaban J connectivity index is 2.28. The lowest BCUT2D eigenvalue weighted by molar-refractivity contribution is 0.377. The highest BCUT2D eigenvalue weighted by atomic mass is 14.5. The van der Waals surface area contributed by atoms with Crippen molar-refractivity contribution in [3.8, 4) is 0 Å². The van der Waals surface area contributed by atoms with Gasteiger partial charge in [-0.1, -0.05) is 51.9 Å². The predicted octanol–water partition coefficient (Wildman–Crippen LogP) is 3.33. The molecule has 0 spiro atoms. The van der Waals surface area contributed by atoms with Crippen LogP contribution in [0.3, 0.4) is 0 Å². The quantitative estimate of drug-likeness (QED) is 0.698. The van der Waals surface area contributed by atoms with E-state index in [1.165, 1.54) is 51.4 Å². The SMILES string of the molecule is CC1CCCCCC(CCN)CC1. The molecule has 0 aromatic heterocycles. The lowest BCUT2D eigenvalue weighted by Gasteiger charge is -2.15. The number of rotatable bonds is 2. The van der Waals surface area contributed by atoms with Crippen molar-refractivity contribution < 1.29 is 0 Å². The summed E-state index contributed by atoms with van der Waals surface area (Å²) < 4.78 is 0. The predicted molar refractivity (Wildman–Crippen MR) is 58.6 cm³/mol. The molecule has 78 valence electrons. The van der Waals surface area contributed by atoms with E-state index in [9.17, 15) is 0 Å². The summed E-state index contributed by atoms with van der Waals surface area (Å²) >= 11 is 0. The molecule has 1 nitrogen and oxygen atoms in total.